The number of hydrogen-bond acceptors (Lipinski definition) is 7. The van der Waals surface area contributed by atoms with Gasteiger partial charge < -0.3 is 20.9 Å². The number of rotatable bonds is 5. The molecular formula is C24H20N4O4S. The molecule has 8 nitrogen and oxygen atoms in total. The Balaban J connectivity index is 2.01. The van der Waals surface area contributed by atoms with Gasteiger partial charge in [0, 0.05) is 0 Å². The van der Waals surface area contributed by atoms with E-state index in [-0.39, 0.29) is 17.0 Å². The van der Waals surface area contributed by atoms with Gasteiger partial charge in [0.1, 0.15) is 22.0 Å². The number of primary amides is 1. The van der Waals surface area contributed by atoms with Crippen molar-refractivity contribution >= 4 is 34.7 Å². The number of methoxy groups -OCH3 is 2. The van der Waals surface area contributed by atoms with Gasteiger partial charge in [0.15, 0.2) is 0 Å². The minimum absolute atomic E-state index is 0.0195. The van der Waals surface area contributed by atoms with E-state index < -0.39 is 17.4 Å². The molecule has 0 aliphatic carbocycles. The van der Waals surface area contributed by atoms with E-state index in [0.29, 0.717) is 26.3 Å². The summed E-state index contributed by atoms with van der Waals surface area (Å²) in [5.74, 6) is -0.247. The van der Waals surface area contributed by atoms with Gasteiger partial charge in [-0.05, 0) is 41.5 Å². The number of hydrogen-bond donors (Lipinski definition) is 2. The van der Waals surface area contributed by atoms with Gasteiger partial charge in [0.05, 0.1) is 41.9 Å². The molecule has 0 radical (unpaired) electrons. The predicted molar refractivity (Wildman–Crippen MR) is 126 cm³/mol. The lowest BCUT2D eigenvalue weighted by Crippen LogP contribution is -2.41. The first-order valence-corrected chi connectivity index (χ1v) is 10.7. The summed E-state index contributed by atoms with van der Waals surface area (Å²) in [6.45, 7) is 0. The average molecular weight is 461 g/mol. The Morgan fingerprint density at radius 2 is 1.67 bits per heavy atom. The SMILES string of the molecule is COc1ccc(/C=c2\sc3n(c2=O)C(N)=C(C#N)C(c2ccc(OC)cc2)C=3C(N)=O)cc1. The highest BCUT2D eigenvalue weighted by atomic mass is 32.1. The highest BCUT2D eigenvalue weighted by molar-refractivity contribution is 7.07. The van der Waals surface area contributed by atoms with E-state index in [1.54, 1.807) is 68.8 Å². The van der Waals surface area contributed by atoms with Crippen LogP contribution in [0.2, 0.25) is 0 Å². The molecule has 0 saturated carbocycles. The highest BCUT2D eigenvalue weighted by Gasteiger charge is 2.34. The van der Waals surface area contributed by atoms with Crippen LogP contribution in [0.1, 0.15) is 17.0 Å². The van der Waals surface area contributed by atoms with Crippen LogP contribution >= 0.6 is 11.3 Å². The number of carbonyl (C=O) groups excluding carboxylic acids is 1. The highest BCUT2D eigenvalue weighted by Crippen LogP contribution is 2.36. The molecule has 0 spiro atoms. The van der Waals surface area contributed by atoms with Crippen molar-refractivity contribution in [3.05, 3.63) is 84.8 Å². The van der Waals surface area contributed by atoms with Gasteiger partial charge in [0.2, 0.25) is 5.91 Å². The molecule has 1 atom stereocenters. The van der Waals surface area contributed by atoms with Crippen molar-refractivity contribution in [3.63, 3.8) is 0 Å². The summed E-state index contributed by atoms with van der Waals surface area (Å²) in [5, 5.41) is 9.89. The zero-order valence-electron chi connectivity index (χ0n) is 17.9. The van der Waals surface area contributed by atoms with Crippen molar-refractivity contribution in [2.45, 2.75) is 5.92 Å². The number of nitrogens with two attached hydrogens (primary N) is 2. The minimum atomic E-state index is -0.801. The van der Waals surface area contributed by atoms with Crippen LogP contribution in [0, 0.1) is 11.3 Å². The first kappa shape index (κ1) is 21.9. The third-order valence-electron chi connectivity index (χ3n) is 5.40. The van der Waals surface area contributed by atoms with E-state index in [1.165, 1.54) is 4.57 Å². The Labute approximate surface area is 192 Å². The summed E-state index contributed by atoms with van der Waals surface area (Å²) < 4.78 is 12.2. The normalized spacial score (nSPS) is 15.7. The van der Waals surface area contributed by atoms with Gasteiger partial charge in [-0.3, -0.25) is 14.2 Å². The average Bonchev–Trinajstić information content (AvgIpc) is 3.15. The molecule has 1 aliphatic rings. The maximum atomic E-state index is 13.2. The zero-order valence-corrected chi connectivity index (χ0v) is 18.7. The van der Waals surface area contributed by atoms with Crippen molar-refractivity contribution in [2.24, 2.45) is 11.5 Å². The summed E-state index contributed by atoms with van der Waals surface area (Å²) in [6.07, 6.45) is 1.69. The van der Waals surface area contributed by atoms with Gasteiger partial charge in [-0.1, -0.05) is 24.3 Å². The summed E-state index contributed by atoms with van der Waals surface area (Å²) >= 11 is 1.10. The second-order valence-corrected chi connectivity index (χ2v) is 8.25. The lowest BCUT2D eigenvalue weighted by Gasteiger charge is -2.24. The molecule has 1 aliphatic heterocycles. The Morgan fingerprint density at radius 1 is 1.09 bits per heavy atom. The van der Waals surface area contributed by atoms with E-state index in [0.717, 1.165) is 16.9 Å². The molecule has 1 amide bonds. The molecule has 0 bridgehead atoms. The fraction of sp³-hybridized carbons (Fsp3) is 0.125. The summed E-state index contributed by atoms with van der Waals surface area (Å²) in [6, 6.07) is 16.2. The Bertz CT molecular complexity index is 1490. The Morgan fingerprint density at radius 3 is 2.18 bits per heavy atom. The third-order valence-corrected chi connectivity index (χ3v) is 6.51. The number of ether oxygens (including phenoxy) is 2. The van der Waals surface area contributed by atoms with E-state index >= 15 is 0 Å². The lowest BCUT2D eigenvalue weighted by atomic mass is 9.83. The van der Waals surface area contributed by atoms with E-state index in [4.69, 9.17) is 20.9 Å². The third kappa shape index (κ3) is 3.77. The molecule has 2 heterocycles. The molecule has 166 valence electrons. The summed E-state index contributed by atoms with van der Waals surface area (Å²) in [4.78, 5) is 25.8. The van der Waals surface area contributed by atoms with Gasteiger partial charge in [-0.15, -0.1) is 11.3 Å². The number of nitriles is 1. The maximum Gasteiger partial charge on any atom is 0.274 e. The molecule has 4 N–H and O–H groups in total. The van der Waals surface area contributed by atoms with Crippen molar-refractivity contribution in [1.82, 2.24) is 4.57 Å². The molecule has 1 aromatic heterocycles. The monoisotopic (exact) mass is 460 g/mol. The molecular weight excluding hydrogens is 440 g/mol. The summed E-state index contributed by atoms with van der Waals surface area (Å²) in [7, 11) is 3.11. The van der Waals surface area contributed by atoms with E-state index in [2.05, 4.69) is 6.07 Å². The van der Waals surface area contributed by atoms with Crippen LogP contribution in [-0.4, -0.2) is 24.7 Å². The first-order chi connectivity index (χ1) is 15.9. The van der Waals surface area contributed by atoms with Crippen molar-refractivity contribution in [1.29, 1.82) is 5.26 Å². The molecule has 0 fully saturated rings. The molecule has 33 heavy (non-hydrogen) atoms. The van der Waals surface area contributed by atoms with Crippen molar-refractivity contribution in [3.8, 4) is 17.6 Å². The Kier molecular flexibility index (Phi) is 5.77. The topological polar surface area (TPSA) is 133 Å². The van der Waals surface area contributed by atoms with Crippen LogP contribution in [0.5, 0.6) is 11.5 Å². The molecule has 0 saturated heterocycles. The number of allylic oxidation sites excluding steroid dienone is 1. The number of aromatic nitrogens is 1. The quantitative estimate of drug-likeness (QED) is 0.580. The first-order valence-electron chi connectivity index (χ1n) is 9.85. The minimum Gasteiger partial charge on any atom is -0.497 e. The second-order valence-electron chi connectivity index (χ2n) is 7.22. The fourth-order valence-corrected chi connectivity index (χ4v) is 4.95. The van der Waals surface area contributed by atoms with Crippen LogP contribution in [0.15, 0.2) is 58.9 Å². The number of thiazole rings is 1. The van der Waals surface area contributed by atoms with Crippen LogP contribution in [0.4, 0.5) is 0 Å². The largest absolute Gasteiger partial charge is 0.497 e. The van der Waals surface area contributed by atoms with Crippen LogP contribution in [0.3, 0.4) is 0 Å². The van der Waals surface area contributed by atoms with E-state index in [1.807, 2.05) is 0 Å². The lowest BCUT2D eigenvalue weighted by molar-refractivity contribution is -0.113. The number of benzene rings is 2. The predicted octanol–water partition coefficient (Wildman–Crippen LogP) is 0.840. The van der Waals surface area contributed by atoms with Crippen LogP contribution in [-0.2, 0) is 4.79 Å². The zero-order chi connectivity index (χ0) is 23.7. The molecule has 1 unspecified atom stereocenters. The standard InChI is InChI=1S/C24H20N4O4S/c1-31-15-7-3-13(4-8-15)11-18-23(30)28-21(26)17(12-25)19(20(22(27)29)24(28)33-18)14-5-9-16(32-2)10-6-14/h3-11,19H,26H2,1-2H3,(H2,27,29)/b18-11-. The van der Waals surface area contributed by atoms with Gasteiger partial charge in [-0.25, -0.2) is 0 Å². The number of carbonyl (C=O) groups is 1. The molecule has 2 aromatic carbocycles. The molecule has 3 aromatic rings. The van der Waals surface area contributed by atoms with Crippen molar-refractivity contribution in [2.75, 3.05) is 14.2 Å². The number of amides is 1. The van der Waals surface area contributed by atoms with Gasteiger partial charge in [0.25, 0.3) is 5.56 Å². The second kappa shape index (κ2) is 8.68. The Hall–Kier alpha value is -4.29. The summed E-state index contributed by atoms with van der Waals surface area (Å²) in [5.41, 5.74) is 13.3. The van der Waals surface area contributed by atoms with Crippen LogP contribution < -0.4 is 35.7 Å². The van der Waals surface area contributed by atoms with Gasteiger partial charge in [-0.2, -0.15) is 5.26 Å². The van der Waals surface area contributed by atoms with E-state index in [9.17, 15) is 14.9 Å². The molecule has 4 rings (SSSR count). The fourth-order valence-electron chi connectivity index (χ4n) is 3.77. The molecule has 9 heteroatoms. The smallest absolute Gasteiger partial charge is 0.274 e. The number of fused-ring (bicyclic) bond motifs is 1. The van der Waals surface area contributed by atoms with Crippen LogP contribution in [0.25, 0.3) is 17.5 Å². The van der Waals surface area contributed by atoms with Gasteiger partial charge >= 0.3 is 0 Å². The van der Waals surface area contributed by atoms with Crippen molar-refractivity contribution < 1.29 is 14.3 Å². The number of nitrogens with zero attached hydrogens (tertiary/aromatic N) is 2. The maximum absolute atomic E-state index is 13.2.